The van der Waals surface area contributed by atoms with E-state index in [0.717, 1.165) is 19.4 Å². The molecule has 1 fully saturated rings. The Bertz CT molecular complexity index is 331. The van der Waals surface area contributed by atoms with Crippen molar-refractivity contribution < 1.29 is 20.4 Å². The van der Waals surface area contributed by atoms with E-state index in [-0.39, 0.29) is 12.4 Å². The largest absolute Gasteiger partial charge is 0.388 e. The molecule has 2 rings (SSSR count). The van der Waals surface area contributed by atoms with Crippen LogP contribution in [-0.2, 0) is 0 Å². The topological polar surface area (TPSA) is 109 Å². The summed E-state index contributed by atoms with van der Waals surface area (Å²) in [4.78, 5) is 5.67. The van der Waals surface area contributed by atoms with Gasteiger partial charge in [-0.1, -0.05) is 13.3 Å². The van der Waals surface area contributed by atoms with Crippen LogP contribution < -0.4 is 5.32 Å². The molecule has 0 unspecified atom stereocenters. The average molecular weight is 296 g/mol. The van der Waals surface area contributed by atoms with Crippen LogP contribution in [0.2, 0.25) is 0 Å². The molecule has 0 amide bonds. The van der Waals surface area contributed by atoms with Crippen LogP contribution in [0.15, 0.2) is 4.99 Å². The van der Waals surface area contributed by atoms with Crippen molar-refractivity contribution in [2.75, 3.05) is 13.1 Å². The molecule has 2 aliphatic rings. The molecule has 1 saturated heterocycles. The first kappa shape index (κ1) is 16.5. The van der Waals surface area contributed by atoms with Gasteiger partial charge in [0.2, 0.25) is 0 Å². The van der Waals surface area contributed by atoms with E-state index in [0.29, 0.717) is 12.5 Å². The summed E-state index contributed by atoms with van der Waals surface area (Å²) in [6.07, 6.45) is -3.09. The first-order valence-corrected chi connectivity index (χ1v) is 6.36. The zero-order chi connectivity index (χ0) is 13.3. The van der Waals surface area contributed by atoms with Gasteiger partial charge in [0.05, 0.1) is 12.6 Å². The van der Waals surface area contributed by atoms with E-state index in [1.807, 2.05) is 0 Å². The van der Waals surface area contributed by atoms with Gasteiger partial charge in [-0.05, 0) is 6.42 Å². The quantitative estimate of drug-likeness (QED) is 0.395. The normalized spacial score (nSPS) is 37.4. The first-order chi connectivity index (χ1) is 8.57. The van der Waals surface area contributed by atoms with Crippen molar-refractivity contribution in [3.8, 4) is 0 Å². The Morgan fingerprint density at radius 3 is 2.53 bits per heavy atom. The molecule has 0 aromatic heterocycles. The van der Waals surface area contributed by atoms with Gasteiger partial charge < -0.3 is 30.6 Å². The molecular weight excluding hydrogens is 274 g/mol. The third kappa shape index (κ3) is 2.95. The van der Waals surface area contributed by atoms with E-state index >= 15 is 0 Å². The van der Waals surface area contributed by atoms with Crippen molar-refractivity contribution >= 4 is 18.4 Å². The lowest BCUT2D eigenvalue weighted by Crippen LogP contribution is -2.67. The molecular formula is C11H22ClN3O4. The summed E-state index contributed by atoms with van der Waals surface area (Å²) >= 11 is 0. The Labute approximate surface area is 118 Å². The van der Waals surface area contributed by atoms with Crippen LogP contribution in [0.4, 0.5) is 0 Å². The van der Waals surface area contributed by atoms with Gasteiger partial charge in [0, 0.05) is 6.54 Å². The van der Waals surface area contributed by atoms with Crippen molar-refractivity contribution in [2.45, 2.75) is 50.3 Å². The summed E-state index contributed by atoms with van der Waals surface area (Å²) < 4.78 is 0. The molecule has 0 aromatic carbocycles. The number of hydrogen-bond acceptors (Lipinski definition) is 7. The zero-order valence-corrected chi connectivity index (χ0v) is 11.6. The van der Waals surface area contributed by atoms with E-state index in [9.17, 15) is 20.4 Å². The molecule has 0 spiro atoms. The van der Waals surface area contributed by atoms with Gasteiger partial charge in [0.15, 0.2) is 12.2 Å². The number of fused-ring (bicyclic) bond motifs is 1. The Morgan fingerprint density at radius 1 is 1.21 bits per heavy atom. The third-order valence-corrected chi connectivity index (χ3v) is 3.53. The van der Waals surface area contributed by atoms with E-state index in [1.165, 1.54) is 4.90 Å². The summed E-state index contributed by atoms with van der Waals surface area (Å²) in [5.74, 6) is 0.478. The highest BCUT2D eigenvalue weighted by Gasteiger charge is 2.50. The standard InChI is InChI=1S/C11H21N3O4.ClH/c1-2-3-4-12-11-13-5-6-7(15)8(16)9(17)10(18)14(6)11;/h6-10,15-18H,2-5H2,1H3,(H,12,13);1H/t6-,7-,8+,9-,10-;/m1./s1. The number of aliphatic hydroxyl groups excluding tert-OH is 4. The molecule has 112 valence electrons. The van der Waals surface area contributed by atoms with Gasteiger partial charge in [0.25, 0.3) is 0 Å². The zero-order valence-electron chi connectivity index (χ0n) is 10.8. The van der Waals surface area contributed by atoms with Crippen molar-refractivity contribution in [2.24, 2.45) is 4.99 Å². The number of unbranched alkanes of at least 4 members (excludes halogenated alkanes) is 1. The minimum absolute atomic E-state index is 0. The van der Waals surface area contributed by atoms with E-state index < -0.39 is 30.6 Å². The summed E-state index contributed by atoms with van der Waals surface area (Å²) in [6, 6.07) is -0.484. The maximum absolute atomic E-state index is 9.95. The maximum Gasteiger partial charge on any atom is 0.196 e. The van der Waals surface area contributed by atoms with Crippen LogP contribution in [0.1, 0.15) is 19.8 Å². The summed E-state index contributed by atoms with van der Waals surface area (Å²) in [5.41, 5.74) is 0. The van der Waals surface area contributed by atoms with Gasteiger partial charge in [-0.15, -0.1) is 12.4 Å². The molecule has 0 aliphatic carbocycles. The minimum Gasteiger partial charge on any atom is -0.388 e. The van der Waals surface area contributed by atoms with Crippen molar-refractivity contribution in [3.63, 3.8) is 0 Å². The SMILES string of the molecule is CCCCNC1=NC[C@@H]2[C@@H](O)[C@H](O)[C@@H](O)[C@@H](O)N12.Cl. The predicted molar refractivity (Wildman–Crippen MR) is 72.1 cm³/mol. The number of nitrogens with one attached hydrogen (secondary N) is 1. The summed E-state index contributed by atoms with van der Waals surface area (Å²) in [7, 11) is 0. The fourth-order valence-electron chi connectivity index (χ4n) is 2.40. The van der Waals surface area contributed by atoms with Gasteiger partial charge in [0.1, 0.15) is 18.3 Å². The third-order valence-electron chi connectivity index (χ3n) is 3.53. The van der Waals surface area contributed by atoms with E-state index in [1.54, 1.807) is 0 Å². The number of aliphatic imine (C=N–C) groups is 1. The predicted octanol–water partition coefficient (Wildman–Crippen LogP) is -1.75. The second kappa shape index (κ2) is 6.71. The number of rotatable bonds is 3. The Hall–Kier alpha value is -0.600. The monoisotopic (exact) mass is 295 g/mol. The van der Waals surface area contributed by atoms with Crippen molar-refractivity contribution in [1.29, 1.82) is 0 Å². The summed E-state index contributed by atoms with van der Waals surface area (Å²) in [6.45, 7) is 3.09. The van der Waals surface area contributed by atoms with Crippen molar-refractivity contribution in [3.05, 3.63) is 0 Å². The second-order valence-electron chi connectivity index (χ2n) is 4.80. The lowest BCUT2D eigenvalue weighted by atomic mass is 9.93. The van der Waals surface area contributed by atoms with Crippen LogP contribution in [0.3, 0.4) is 0 Å². The fraction of sp³-hybridized carbons (Fsp3) is 0.909. The average Bonchev–Trinajstić information content (AvgIpc) is 2.78. The van der Waals surface area contributed by atoms with Gasteiger partial charge in [-0.3, -0.25) is 4.99 Å². The molecule has 7 nitrogen and oxygen atoms in total. The molecule has 0 saturated carbocycles. The van der Waals surface area contributed by atoms with Gasteiger partial charge in [-0.2, -0.15) is 0 Å². The minimum atomic E-state index is -1.40. The second-order valence-corrected chi connectivity index (χ2v) is 4.80. The lowest BCUT2D eigenvalue weighted by molar-refractivity contribution is -0.192. The number of nitrogens with zero attached hydrogens (tertiary/aromatic N) is 2. The van der Waals surface area contributed by atoms with Crippen LogP contribution >= 0.6 is 12.4 Å². The lowest BCUT2D eigenvalue weighted by Gasteiger charge is -2.44. The highest BCUT2D eigenvalue weighted by Crippen LogP contribution is 2.26. The number of hydrogen-bond donors (Lipinski definition) is 5. The Morgan fingerprint density at radius 2 is 1.89 bits per heavy atom. The highest BCUT2D eigenvalue weighted by molar-refractivity contribution is 5.85. The number of aliphatic hydroxyl groups is 4. The maximum atomic E-state index is 9.95. The number of guanidine groups is 1. The molecule has 8 heteroatoms. The molecule has 19 heavy (non-hydrogen) atoms. The van der Waals surface area contributed by atoms with Crippen molar-refractivity contribution in [1.82, 2.24) is 10.2 Å². The highest BCUT2D eigenvalue weighted by atomic mass is 35.5. The van der Waals surface area contributed by atoms with Crippen LogP contribution in [-0.4, -0.2) is 75.0 Å². The molecule has 2 aliphatic heterocycles. The molecule has 0 bridgehead atoms. The van der Waals surface area contributed by atoms with E-state index in [2.05, 4.69) is 17.2 Å². The van der Waals surface area contributed by atoms with Gasteiger partial charge in [-0.25, -0.2) is 0 Å². The van der Waals surface area contributed by atoms with Crippen LogP contribution in [0.25, 0.3) is 0 Å². The molecule has 5 N–H and O–H groups in total. The number of halogens is 1. The molecule has 0 radical (unpaired) electrons. The smallest absolute Gasteiger partial charge is 0.196 e. The summed E-state index contributed by atoms with van der Waals surface area (Å²) in [5, 5.41) is 42.2. The Balaban J connectivity index is 0.00000180. The fourth-order valence-corrected chi connectivity index (χ4v) is 2.40. The van der Waals surface area contributed by atoms with Crippen LogP contribution in [0, 0.1) is 0 Å². The molecule has 5 atom stereocenters. The van der Waals surface area contributed by atoms with E-state index in [4.69, 9.17) is 0 Å². The molecule has 2 heterocycles. The first-order valence-electron chi connectivity index (χ1n) is 6.36. The number of piperidine rings is 1. The van der Waals surface area contributed by atoms with Gasteiger partial charge >= 0.3 is 0 Å². The molecule has 0 aromatic rings. The Kier molecular flexibility index (Phi) is 5.82. The van der Waals surface area contributed by atoms with Crippen LogP contribution in [0.5, 0.6) is 0 Å².